The van der Waals surface area contributed by atoms with Gasteiger partial charge in [-0.15, -0.1) is 11.3 Å². The Kier molecular flexibility index (Phi) is 13.3. The molecule has 0 spiro atoms. The van der Waals surface area contributed by atoms with Crippen molar-refractivity contribution in [3.05, 3.63) is 155 Å². The largest absolute Gasteiger partial charge is 0.492 e. The van der Waals surface area contributed by atoms with Gasteiger partial charge in [0.05, 0.1) is 33.2 Å². The molecule has 13 nitrogen and oxygen atoms in total. The number of carbonyl (C=O) groups excluding carboxylic acids is 2. The topological polar surface area (TPSA) is 180 Å². The van der Waals surface area contributed by atoms with Crippen LogP contribution in [0.3, 0.4) is 0 Å². The summed E-state index contributed by atoms with van der Waals surface area (Å²) in [6.45, 7) is 11.5. The molecule has 1 aliphatic rings. The fourth-order valence-electron chi connectivity index (χ4n) is 7.00. The quantitative estimate of drug-likeness (QED) is 0.0551. The third kappa shape index (κ3) is 11.4. The van der Waals surface area contributed by atoms with Crippen molar-refractivity contribution < 1.29 is 14.3 Å². The second kappa shape index (κ2) is 19.6. The number of anilines is 6. The number of hydrogen-bond acceptors (Lipinski definition) is 11. The van der Waals surface area contributed by atoms with Crippen molar-refractivity contribution >= 4 is 80.1 Å². The van der Waals surface area contributed by atoms with Crippen LogP contribution in [0.4, 0.5) is 44.0 Å². The molecule has 0 bridgehead atoms. The lowest BCUT2D eigenvalue weighted by Crippen LogP contribution is -2.33. The summed E-state index contributed by atoms with van der Waals surface area (Å²) in [5.41, 5.74) is 15.3. The number of thioether (sulfide) groups is 1. The number of carbonyl (C=O) groups is 2. The van der Waals surface area contributed by atoms with Crippen LogP contribution in [0.1, 0.15) is 42.5 Å². The molecule has 7 aromatic rings. The van der Waals surface area contributed by atoms with Crippen LogP contribution < -0.4 is 42.4 Å². The fourth-order valence-corrected chi connectivity index (χ4v) is 9.26. The normalized spacial score (nSPS) is 13.5. The fraction of sp³-hybridized carbons (Fsp3) is 0.180. The van der Waals surface area contributed by atoms with Gasteiger partial charge in [-0.1, -0.05) is 74.5 Å². The van der Waals surface area contributed by atoms with E-state index in [-0.39, 0.29) is 22.9 Å². The molecule has 1 atom stereocenters. The summed E-state index contributed by atoms with van der Waals surface area (Å²) in [5.74, 6) is 1.80. The summed E-state index contributed by atoms with van der Waals surface area (Å²) in [5, 5.41) is 19.9. The van der Waals surface area contributed by atoms with Gasteiger partial charge in [0.25, 0.3) is 0 Å². The van der Waals surface area contributed by atoms with Crippen LogP contribution in [-0.4, -0.2) is 45.5 Å². The lowest BCUT2D eigenvalue weighted by Gasteiger charge is -2.27. The van der Waals surface area contributed by atoms with Gasteiger partial charge >= 0.3 is 12.1 Å². The van der Waals surface area contributed by atoms with E-state index >= 15 is 0 Å². The Morgan fingerprint density at radius 3 is 2.00 bits per heavy atom. The van der Waals surface area contributed by atoms with Crippen molar-refractivity contribution in [3.63, 3.8) is 0 Å². The van der Waals surface area contributed by atoms with Gasteiger partial charge in [0.1, 0.15) is 24.0 Å². The summed E-state index contributed by atoms with van der Waals surface area (Å²) in [4.78, 5) is 41.4. The number of hydrogen-bond donors (Lipinski definition) is 7. The number of aryl methyl sites for hydroxylation is 2. The minimum Gasteiger partial charge on any atom is -0.492 e. The first-order valence-corrected chi connectivity index (χ1v) is 22.8. The number of urea groups is 2. The number of pyridine rings is 2. The summed E-state index contributed by atoms with van der Waals surface area (Å²) in [6, 6.07) is 37.5. The smallest absolute Gasteiger partial charge is 0.323 e. The first-order valence-electron chi connectivity index (χ1n) is 21.1. The molecule has 0 radical (unpaired) electrons. The van der Waals surface area contributed by atoms with Gasteiger partial charge in [-0.25, -0.2) is 24.5 Å². The Morgan fingerprint density at radius 2 is 1.32 bits per heavy atom. The Hall–Kier alpha value is -7.36. The van der Waals surface area contributed by atoms with E-state index in [1.807, 2.05) is 117 Å². The number of benzene rings is 4. The highest BCUT2D eigenvalue weighted by Crippen LogP contribution is 2.48. The van der Waals surface area contributed by atoms with E-state index in [4.69, 9.17) is 15.5 Å². The van der Waals surface area contributed by atoms with Gasteiger partial charge in [-0.05, 0) is 115 Å². The van der Waals surface area contributed by atoms with Gasteiger partial charge in [0.15, 0.2) is 0 Å². The number of nitrogens with zero attached hydrogens (tertiary/aromatic N) is 3. The number of nitrogens with two attached hydrogens (primary N) is 1. The number of thiazole rings is 1. The monoisotopic (exact) mass is 902 g/mol. The summed E-state index contributed by atoms with van der Waals surface area (Å²) < 4.78 is 6.03. The van der Waals surface area contributed by atoms with Gasteiger partial charge in [0.2, 0.25) is 0 Å². The maximum absolute atomic E-state index is 13.0. The van der Waals surface area contributed by atoms with E-state index in [1.165, 1.54) is 0 Å². The molecule has 4 amide bonds. The standard InChI is InChI=1S/C50H50N10O3S2/c1-30-12-14-36(15-13-30)56-48(61)59-39-11-7-9-35(27-39)46-44(60-47(65-46)50(3,4)5)33-21-23-53-42(29-33)54-24-25-63-40-18-16-37(17-19-40)57-49(62)58-38-10-6-8-34(26-38)45-43(55-31(2)64-45)32-20-22-52-41(51)28-32/h6-23,26-29,47,60H,24-25H2,1-5H3,(H2,51,52)(H,53,54)(H2,56,59,61)(H2,57,58,62). The summed E-state index contributed by atoms with van der Waals surface area (Å²) in [6.07, 6.45) is 3.47. The van der Waals surface area contributed by atoms with Crippen molar-refractivity contribution in [1.82, 2.24) is 20.3 Å². The minimum atomic E-state index is -0.371. The average Bonchev–Trinajstić information content (AvgIpc) is 3.92. The van der Waals surface area contributed by atoms with Crippen LogP contribution in [0.2, 0.25) is 0 Å². The van der Waals surface area contributed by atoms with Crippen LogP contribution in [0.15, 0.2) is 134 Å². The first-order chi connectivity index (χ1) is 31.3. The van der Waals surface area contributed by atoms with E-state index in [0.29, 0.717) is 47.6 Å². The molecule has 4 aromatic carbocycles. The Balaban J connectivity index is 0.854. The predicted molar refractivity (Wildman–Crippen MR) is 268 cm³/mol. The Labute approximate surface area is 386 Å². The molecule has 1 unspecified atom stereocenters. The molecular formula is C50H50N10O3S2. The van der Waals surface area contributed by atoms with Crippen LogP contribution in [0.25, 0.3) is 32.3 Å². The molecule has 0 saturated heterocycles. The highest BCUT2D eigenvalue weighted by Gasteiger charge is 2.34. The van der Waals surface area contributed by atoms with Crippen molar-refractivity contribution in [3.8, 4) is 27.4 Å². The third-order valence-corrected chi connectivity index (χ3v) is 13.0. The van der Waals surface area contributed by atoms with E-state index < -0.39 is 0 Å². The van der Waals surface area contributed by atoms with Crippen LogP contribution >= 0.6 is 23.1 Å². The number of nitrogen functional groups attached to an aromatic ring is 1. The second-order valence-electron chi connectivity index (χ2n) is 16.5. The van der Waals surface area contributed by atoms with Gasteiger partial charge in [0, 0.05) is 51.2 Å². The zero-order chi connectivity index (χ0) is 45.5. The minimum absolute atomic E-state index is 0.0361. The van der Waals surface area contributed by atoms with E-state index in [9.17, 15) is 9.59 Å². The van der Waals surface area contributed by atoms with Crippen molar-refractivity contribution in [2.75, 3.05) is 45.5 Å². The number of rotatable bonds is 13. The Bertz CT molecular complexity index is 2860. The average molecular weight is 903 g/mol. The van der Waals surface area contributed by atoms with E-state index in [0.717, 1.165) is 59.7 Å². The zero-order valence-electron chi connectivity index (χ0n) is 36.7. The maximum Gasteiger partial charge on any atom is 0.323 e. The number of ether oxygens (including phenoxy) is 1. The summed E-state index contributed by atoms with van der Waals surface area (Å²) >= 11 is 3.36. The predicted octanol–water partition coefficient (Wildman–Crippen LogP) is 11.8. The molecule has 8 rings (SSSR count). The summed E-state index contributed by atoms with van der Waals surface area (Å²) in [7, 11) is 0. The van der Waals surface area contributed by atoms with Crippen LogP contribution in [0.5, 0.6) is 5.75 Å². The number of amides is 4. The molecule has 4 heterocycles. The van der Waals surface area contributed by atoms with E-state index in [1.54, 1.807) is 47.6 Å². The molecule has 330 valence electrons. The van der Waals surface area contributed by atoms with E-state index in [2.05, 4.69) is 68.7 Å². The Morgan fingerprint density at radius 1 is 0.708 bits per heavy atom. The highest BCUT2D eigenvalue weighted by molar-refractivity contribution is 8.09. The molecule has 0 aliphatic carbocycles. The number of nitrogens with one attached hydrogen (secondary N) is 6. The zero-order valence-corrected chi connectivity index (χ0v) is 38.3. The van der Waals surface area contributed by atoms with Crippen LogP contribution in [0, 0.1) is 19.3 Å². The molecule has 15 heteroatoms. The molecule has 65 heavy (non-hydrogen) atoms. The lowest BCUT2D eigenvalue weighted by molar-refractivity contribution is 0.261. The van der Waals surface area contributed by atoms with Crippen molar-refractivity contribution in [2.24, 2.45) is 5.41 Å². The second-order valence-corrected chi connectivity index (χ2v) is 18.8. The van der Waals surface area contributed by atoms with Crippen molar-refractivity contribution in [1.29, 1.82) is 0 Å². The SMILES string of the molecule is Cc1ccc(NC(=O)Nc2cccc(C3=C(c4ccnc(NCCOc5ccc(NC(=O)Nc6cccc(-c7sc(C)nc7-c7ccnc(N)c7)c6)cc5)c4)NC(C(C)(C)C)S3)c2)cc1. The molecule has 0 fully saturated rings. The van der Waals surface area contributed by atoms with Gasteiger partial charge in [-0.2, -0.15) is 0 Å². The molecule has 0 saturated carbocycles. The van der Waals surface area contributed by atoms with Gasteiger partial charge < -0.3 is 42.4 Å². The van der Waals surface area contributed by atoms with Crippen LogP contribution in [-0.2, 0) is 0 Å². The molecule has 3 aromatic heterocycles. The third-order valence-electron chi connectivity index (χ3n) is 10.2. The first kappa shape index (κ1) is 44.3. The molecule has 8 N–H and O–H groups in total. The maximum atomic E-state index is 13.0. The highest BCUT2D eigenvalue weighted by atomic mass is 32.2. The van der Waals surface area contributed by atoms with Gasteiger partial charge in [-0.3, -0.25) is 0 Å². The number of aromatic nitrogens is 3. The molecular weight excluding hydrogens is 853 g/mol. The lowest BCUT2D eigenvalue weighted by atomic mass is 9.96. The molecule has 1 aliphatic heterocycles. The van der Waals surface area contributed by atoms with Crippen molar-refractivity contribution in [2.45, 2.75) is 40.0 Å².